The molecule has 1 unspecified atom stereocenters. The van der Waals surface area contributed by atoms with Gasteiger partial charge < -0.3 is 19.6 Å². The first kappa shape index (κ1) is 17.2. The zero-order chi connectivity index (χ0) is 17.9. The number of carbonyl (C=O) groups excluding carboxylic acids is 1. The van der Waals surface area contributed by atoms with Gasteiger partial charge in [0.2, 0.25) is 11.8 Å². The molecule has 3 rings (SSSR count). The molecule has 1 atom stereocenters. The Morgan fingerprint density at radius 2 is 2.08 bits per heavy atom. The Morgan fingerprint density at radius 1 is 1.32 bits per heavy atom. The molecule has 0 bridgehead atoms. The topological polar surface area (TPSA) is 102 Å². The molecule has 1 aromatic carbocycles. The predicted molar refractivity (Wildman–Crippen MR) is 88.9 cm³/mol. The molecule has 1 saturated heterocycles. The van der Waals surface area contributed by atoms with Crippen LogP contribution in [0.4, 0.5) is 0 Å². The number of nitrogens with zero attached hydrogens (tertiary/aromatic N) is 1. The number of oxazole rings is 1. The molecule has 25 heavy (non-hydrogen) atoms. The van der Waals surface area contributed by atoms with Gasteiger partial charge in [0.15, 0.2) is 0 Å². The van der Waals surface area contributed by atoms with Gasteiger partial charge in [0.25, 0.3) is 0 Å². The maximum absolute atomic E-state index is 12.4. The quantitative estimate of drug-likeness (QED) is 0.830. The van der Waals surface area contributed by atoms with Crippen LogP contribution in [-0.4, -0.2) is 40.7 Å². The minimum absolute atomic E-state index is 0.0313. The van der Waals surface area contributed by atoms with Crippen molar-refractivity contribution in [2.24, 2.45) is 0 Å². The largest absolute Gasteiger partial charge is 0.481 e. The molecule has 2 heterocycles. The van der Waals surface area contributed by atoms with Crippen molar-refractivity contribution in [2.75, 3.05) is 13.2 Å². The number of nitrogens with one attached hydrogen (secondary N) is 1. The van der Waals surface area contributed by atoms with Gasteiger partial charge in [-0.1, -0.05) is 18.2 Å². The molecule has 0 aliphatic carbocycles. The summed E-state index contributed by atoms with van der Waals surface area (Å²) in [6.07, 6.45) is 0.355. The summed E-state index contributed by atoms with van der Waals surface area (Å²) in [6.45, 7) is 2.40. The van der Waals surface area contributed by atoms with E-state index in [2.05, 4.69) is 10.3 Å². The Bertz CT molecular complexity index is 763. The standard InChI is InChI=1S/C18H20N2O5/c1-12-14(19-17(25-12)13-5-3-2-4-6-13)9-15(21)20-18(10-16(22)23)7-8-24-11-18/h2-6H,7-11H2,1H3,(H,20,21)(H,22,23). The van der Waals surface area contributed by atoms with Gasteiger partial charge in [-0.2, -0.15) is 0 Å². The van der Waals surface area contributed by atoms with Crippen LogP contribution in [0.5, 0.6) is 0 Å². The Balaban J connectivity index is 1.71. The van der Waals surface area contributed by atoms with E-state index < -0.39 is 11.5 Å². The minimum Gasteiger partial charge on any atom is -0.481 e. The summed E-state index contributed by atoms with van der Waals surface area (Å²) < 4.78 is 10.9. The van der Waals surface area contributed by atoms with E-state index in [1.165, 1.54) is 0 Å². The molecular formula is C18H20N2O5. The molecule has 1 amide bonds. The van der Waals surface area contributed by atoms with E-state index in [1.54, 1.807) is 6.92 Å². The lowest BCUT2D eigenvalue weighted by Gasteiger charge is -2.26. The number of ether oxygens (including phenoxy) is 1. The number of benzene rings is 1. The first-order chi connectivity index (χ1) is 12.0. The monoisotopic (exact) mass is 344 g/mol. The number of aliphatic carboxylic acids is 1. The Labute approximate surface area is 145 Å². The van der Waals surface area contributed by atoms with Crippen molar-refractivity contribution < 1.29 is 23.8 Å². The van der Waals surface area contributed by atoms with Crippen molar-refractivity contribution >= 4 is 11.9 Å². The molecule has 1 aliphatic rings. The molecule has 0 spiro atoms. The van der Waals surface area contributed by atoms with Crippen LogP contribution in [0.2, 0.25) is 0 Å². The van der Waals surface area contributed by atoms with E-state index in [1.807, 2.05) is 30.3 Å². The van der Waals surface area contributed by atoms with Gasteiger partial charge in [0.1, 0.15) is 5.76 Å². The lowest BCUT2D eigenvalue weighted by molar-refractivity contribution is -0.139. The summed E-state index contributed by atoms with van der Waals surface area (Å²) in [5.74, 6) is -0.216. The number of carbonyl (C=O) groups is 2. The SMILES string of the molecule is Cc1oc(-c2ccccc2)nc1CC(=O)NC1(CC(=O)O)CCOC1. The summed E-state index contributed by atoms with van der Waals surface area (Å²) in [5.41, 5.74) is 0.535. The van der Waals surface area contributed by atoms with Crippen LogP contribution in [-0.2, 0) is 20.7 Å². The van der Waals surface area contributed by atoms with Gasteiger partial charge in [-0.25, -0.2) is 4.98 Å². The Hall–Kier alpha value is -2.67. The van der Waals surface area contributed by atoms with Crippen LogP contribution in [0.25, 0.3) is 11.5 Å². The minimum atomic E-state index is -0.963. The van der Waals surface area contributed by atoms with Gasteiger partial charge in [0, 0.05) is 12.2 Å². The highest BCUT2D eigenvalue weighted by Crippen LogP contribution is 2.24. The highest BCUT2D eigenvalue weighted by Gasteiger charge is 2.38. The van der Waals surface area contributed by atoms with Gasteiger partial charge in [-0.05, 0) is 25.5 Å². The second-order valence-electron chi connectivity index (χ2n) is 6.27. The van der Waals surface area contributed by atoms with Crippen LogP contribution in [0.15, 0.2) is 34.7 Å². The smallest absolute Gasteiger partial charge is 0.305 e. The van der Waals surface area contributed by atoms with Gasteiger partial charge >= 0.3 is 5.97 Å². The highest BCUT2D eigenvalue weighted by atomic mass is 16.5. The first-order valence-electron chi connectivity index (χ1n) is 8.10. The second kappa shape index (κ2) is 7.06. The van der Waals surface area contributed by atoms with Crippen LogP contribution >= 0.6 is 0 Å². The zero-order valence-electron chi connectivity index (χ0n) is 13.9. The average molecular weight is 344 g/mol. The molecule has 132 valence electrons. The number of aryl methyl sites for hydroxylation is 1. The fraction of sp³-hybridized carbons (Fsp3) is 0.389. The molecule has 1 fully saturated rings. The van der Waals surface area contributed by atoms with Crippen molar-refractivity contribution in [1.29, 1.82) is 0 Å². The molecule has 0 radical (unpaired) electrons. The number of hydrogen-bond donors (Lipinski definition) is 2. The van der Waals surface area contributed by atoms with E-state index in [0.717, 1.165) is 5.56 Å². The number of amides is 1. The molecule has 2 N–H and O–H groups in total. The van der Waals surface area contributed by atoms with E-state index in [-0.39, 0.29) is 25.4 Å². The number of rotatable bonds is 6. The van der Waals surface area contributed by atoms with Crippen LogP contribution in [0.3, 0.4) is 0 Å². The summed E-state index contributed by atoms with van der Waals surface area (Å²) in [6, 6.07) is 9.44. The number of aromatic nitrogens is 1. The van der Waals surface area contributed by atoms with Crippen molar-refractivity contribution in [1.82, 2.24) is 10.3 Å². The summed E-state index contributed by atoms with van der Waals surface area (Å²) in [5, 5.41) is 11.9. The van der Waals surface area contributed by atoms with Crippen LogP contribution in [0, 0.1) is 6.92 Å². The van der Waals surface area contributed by atoms with Gasteiger partial charge in [-0.3, -0.25) is 9.59 Å². The van der Waals surface area contributed by atoms with Gasteiger partial charge in [-0.15, -0.1) is 0 Å². The third-order valence-electron chi connectivity index (χ3n) is 4.24. The maximum Gasteiger partial charge on any atom is 0.305 e. The zero-order valence-corrected chi connectivity index (χ0v) is 13.9. The molecule has 1 aromatic heterocycles. The Kier molecular flexibility index (Phi) is 4.85. The molecule has 7 nitrogen and oxygen atoms in total. The number of hydrogen-bond acceptors (Lipinski definition) is 5. The molecule has 0 saturated carbocycles. The Morgan fingerprint density at radius 3 is 2.72 bits per heavy atom. The first-order valence-corrected chi connectivity index (χ1v) is 8.10. The molecule has 2 aromatic rings. The van der Waals surface area contributed by atoms with Crippen molar-refractivity contribution in [3.8, 4) is 11.5 Å². The highest BCUT2D eigenvalue weighted by molar-refractivity contribution is 5.80. The summed E-state index contributed by atoms with van der Waals surface area (Å²) in [7, 11) is 0. The predicted octanol–water partition coefficient (Wildman–Crippen LogP) is 1.94. The number of carboxylic acid groups (broad SMARTS) is 1. The van der Waals surface area contributed by atoms with Crippen molar-refractivity contribution in [3.63, 3.8) is 0 Å². The van der Waals surface area contributed by atoms with Gasteiger partial charge in [0.05, 0.1) is 30.7 Å². The van der Waals surface area contributed by atoms with Crippen LogP contribution in [0.1, 0.15) is 24.3 Å². The fourth-order valence-electron chi connectivity index (χ4n) is 2.97. The summed E-state index contributed by atoms with van der Waals surface area (Å²) >= 11 is 0. The van der Waals surface area contributed by atoms with E-state index in [0.29, 0.717) is 30.4 Å². The normalized spacial score (nSPS) is 19.7. The lowest BCUT2D eigenvalue weighted by atomic mass is 9.94. The molecule has 7 heteroatoms. The van der Waals surface area contributed by atoms with Crippen molar-refractivity contribution in [2.45, 2.75) is 31.7 Å². The van der Waals surface area contributed by atoms with Crippen molar-refractivity contribution in [3.05, 3.63) is 41.8 Å². The molecular weight excluding hydrogens is 324 g/mol. The van der Waals surface area contributed by atoms with E-state index in [9.17, 15) is 9.59 Å². The summed E-state index contributed by atoms with van der Waals surface area (Å²) in [4.78, 5) is 27.9. The number of carboxylic acids is 1. The fourth-order valence-corrected chi connectivity index (χ4v) is 2.97. The van der Waals surface area contributed by atoms with Crippen LogP contribution < -0.4 is 5.32 Å². The maximum atomic E-state index is 12.4. The lowest BCUT2D eigenvalue weighted by Crippen LogP contribution is -2.51. The molecule has 1 aliphatic heterocycles. The average Bonchev–Trinajstić information content (AvgIpc) is 3.15. The van der Waals surface area contributed by atoms with E-state index >= 15 is 0 Å². The third-order valence-corrected chi connectivity index (χ3v) is 4.24. The third kappa shape index (κ3) is 4.06. The second-order valence-corrected chi connectivity index (χ2v) is 6.27. The van der Waals surface area contributed by atoms with E-state index in [4.69, 9.17) is 14.3 Å².